The van der Waals surface area contributed by atoms with Gasteiger partial charge in [0.15, 0.2) is 0 Å². The maximum atomic E-state index is 11.9. The molecule has 0 amide bonds. The fourth-order valence-electron chi connectivity index (χ4n) is 2.37. The third kappa shape index (κ3) is 3.73. The van der Waals surface area contributed by atoms with Crippen molar-refractivity contribution in [1.82, 2.24) is 4.57 Å². The van der Waals surface area contributed by atoms with Crippen LogP contribution in [0.3, 0.4) is 0 Å². The van der Waals surface area contributed by atoms with E-state index in [1.807, 2.05) is 47.0 Å². The van der Waals surface area contributed by atoms with Crippen LogP contribution in [0, 0.1) is 0 Å². The molecule has 0 aliphatic heterocycles. The minimum atomic E-state index is -0.302. The molecule has 4 nitrogen and oxygen atoms in total. The number of rotatable bonds is 7. The van der Waals surface area contributed by atoms with Crippen LogP contribution in [0.25, 0.3) is 11.3 Å². The zero-order valence-electron chi connectivity index (χ0n) is 12.5. The second-order valence-corrected chi connectivity index (χ2v) is 4.81. The van der Waals surface area contributed by atoms with Gasteiger partial charge in [0.1, 0.15) is 5.69 Å². The van der Waals surface area contributed by atoms with Crippen molar-refractivity contribution in [1.29, 1.82) is 0 Å². The molecule has 0 fully saturated rings. The van der Waals surface area contributed by atoms with Crippen molar-refractivity contribution < 1.29 is 14.3 Å². The van der Waals surface area contributed by atoms with Crippen LogP contribution in [-0.2, 0) is 16.0 Å². The lowest BCUT2D eigenvalue weighted by Gasteiger charge is -2.12. The Morgan fingerprint density at radius 3 is 2.48 bits per heavy atom. The number of nitrogens with zero attached hydrogens (tertiary/aromatic N) is 1. The van der Waals surface area contributed by atoms with E-state index in [-0.39, 0.29) is 5.97 Å². The molecule has 0 bridgehead atoms. The molecule has 0 unspecified atom stereocenters. The van der Waals surface area contributed by atoms with Gasteiger partial charge in [-0.2, -0.15) is 0 Å². The van der Waals surface area contributed by atoms with Gasteiger partial charge in [-0.15, -0.1) is 0 Å². The molecular formula is C17H21NO3. The van der Waals surface area contributed by atoms with E-state index < -0.39 is 0 Å². The molecule has 0 atom stereocenters. The van der Waals surface area contributed by atoms with Crippen LogP contribution in [0.15, 0.2) is 42.5 Å². The molecule has 2 rings (SSSR count). The fourth-order valence-corrected chi connectivity index (χ4v) is 2.37. The predicted molar refractivity (Wildman–Crippen MR) is 82.3 cm³/mol. The van der Waals surface area contributed by atoms with E-state index in [9.17, 15) is 4.79 Å². The Morgan fingerprint density at radius 1 is 1.05 bits per heavy atom. The van der Waals surface area contributed by atoms with Crippen LogP contribution >= 0.6 is 0 Å². The number of benzene rings is 1. The summed E-state index contributed by atoms with van der Waals surface area (Å²) >= 11 is 0. The van der Waals surface area contributed by atoms with Gasteiger partial charge >= 0.3 is 5.97 Å². The van der Waals surface area contributed by atoms with Crippen LogP contribution in [0.5, 0.6) is 0 Å². The average Bonchev–Trinajstić information content (AvgIpc) is 2.95. The molecule has 4 heteroatoms. The quantitative estimate of drug-likeness (QED) is 0.579. The zero-order valence-corrected chi connectivity index (χ0v) is 12.5. The molecule has 0 aliphatic carbocycles. The van der Waals surface area contributed by atoms with Crippen LogP contribution in [-0.4, -0.2) is 31.4 Å². The largest absolute Gasteiger partial charge is 0.464 e. The molecule has 0 radical (unpaired) electrons. The smallest absolute Gasteiger partial charge is 0.354 e. The first-order valence-electron chi connectivity index (χ1n) is 7.10. The summed E-state index contributed by atoms with van der Waals surface area (Å²) in [6, 6.07) is 13.9. The number of unbranched alkanes of at least 4 members (excludes halogenated alkanes) is 1. The summed E-state index contributed by atoms with van der Waals surface area (Å²) in [6.07, 6.45) is 1.91. The topological polar surface area (TPSA) is 40.5 Å². The highest BCUT2D eigenvalue weighted by Gasteiger charge is 2.16. The molecule has 21 heavy (non-hydrogen) atoms. The molecule has 0 aliphatic rings. The molecule has 0 saturated carbocycles. The van der Waals surface area contributed by atoms with Crippen molar-refractivity contribution in [2.75, 3.05) is 20.8 Å². The maximum absolute atomic E-state index is 11.9. The summed E-state index contributed by atoms with van der Waals surface area (Å²) in [5.74, 6) is -0.302. The standard InChI is InChI=1S/C17H21NO3/c1-20-13-7-6-12-18-15(14-8-4-3-5-9-14)10-11-16(18)17(19)21-2/h3-5,8-11H,6-7,12-13H2,1-2H3. The van der Waals surface area contributed by atoms with Crippen LogP contribution in [0.2, 0.25) is 0 Å². The molecular weight excluding hydrogens is 266 g/mol. The number of ether oxygens (including phenoxy) is 2. The van der Waals surface area contributed by atoms with E-state index in [1.54, 1.807) is 7.11 Å². The monoisotopic (exact) mass is 287 g/mol. The Morgan fingerprint density at radius 2 is 1.81 bits per heavy atom. The summed E-state index contributed by atoms with van der Waals surface area (Å²) < 4.78 is 12.0. The third-order valence-corrected chi connectivity index (χ3v) is 3.42. The van der Waals surface area contributed by atoms with Crippen LogP contribution in [0.4, 0.5) is 0 Å². The molecule has 1 aromatic heterocycles. The van der Waals surface area contributed by atoms with Crippen LogP contribution < -0.4 is 0 Å². The maximum Gasteiger partial charge on any atom is 0.354 e. The minimum Gasteiger partial charge on any atom is -0.464 e. The number of carbonyl (C=O) groups is 1. The molecule has 0 N–H and O–H groups in total. The number of esters is 1. The normalized spacial score (nSPS) is 10.6. The summed E-state index contributed by atoms with van der Waals surface area (Å²) in [6.45, 7) is 1.50. The van der Waals surface area contributed by atoms with Gasteiger partial charge in [0.05, 0.1) is 7.11 Å². The Balaban J connectivity index is 2.28. The van der Waals surface area contributed by atoms with Gasteiger partial charge in [0.2, 0.25) is 0 Å². The highest BCUT2D eigenvalue weighted by atomic mass is 16.5. The lowest BCUT2D eigenvalue weighted by atomic mass is 10.1. The summed E-state index contributed by atoms with van der Waals surface area (Å²) in [5, 5.41) is 0. The van der Waals surface area contributed by atoms with Gasteiger partial charge < -0.3 is 14.0 Å². The predicted octanol–water partition coefficient (Wildman–Crippen LogP) is 3.37. The molecule has 0 spiro atoms. The van der Waals surface area contributed by atoms with Gasteiger partial charge in [-0.1, -0.05) is 30.3 Å². The van der Waals surface area contributed by atoms with Crippen molar-refractivity contribution >= 4 is 5.97 Å². The van der Waals surface area contributed by atoms with Crippen molar-refractivity contribution in [2.45, 2.75) is 19.4 Å². The number of aromatic nitrogens is 1. The van der Waals surface area contributed by atoms with E-state index >= 15 is 0 Å². The second kappa shape index (κ2) is 7.64. The van der Waals surface area contributed by atoms with Crippen molar-refractivity contribution in [3.63, 3.8) is 0 Å². The first-order valence-corrected chi connectivity index (χ1v) is 7.10. The molecule has 2 aromatic rings. The van der Waals surface area contributed by atoms with Crippen molar-refractivity contribution in [3.05, 3.63) is 48.2 Å². The van der Waals surface area contributed by atoms with Gasteiger partial charge in [-0.3, -0.25) is 0 Å². The fraction of sp³-hybridized carbons (Fsp3) is 0.353. The molecule has 1 aromatic carbocycles. The highest BCUT2D eigenvalue weighted by Crippen LogP contribution is 2.23. The molecule has 0 saturated heterocycles. The number of methoxy groups -OCH3 is 2. The number of hydrogen-bond donors (Lipinski definition) is 0. The van der Waals surface area contributed by atoms with Gasteiger partial charge in [-0.25, -0.2) is 4.79 Å². The average molecular weight is 287 g/mol. The molecule has 1 heterocycles. The molecule has 112 valence electrons. The van der Waals surface area contributed by atoms with E-state index in [2.05, 4.69) is 0 Å². The number of hydrogen-bond acceptors (Lipinski definition) is 3. The van der Waals surface area contributed by atoms with Crippen molar-refractivity contribution in [2.24, 2.45) is 0 Å². The third-order valence-electron chi connectivity index (χ3n) is 3.42. The van der Waals surface area contributed by atoms with Gasteiger partial charge in [0.25, 0.3) is 0 Å². The second-order valence-electron chi connectivity index (χ2n) is 4.81. The highest BCUT2D eigenvalue weighted by molar-refractivity contribution is 5.89. The SMILES string of the molecule is COCCCCn1c(C(=O)OC)ccc1-c1ccccc1. The number of carbonyl (C=O) groups excluding carboxylic acids is 1. The first-order chi connectivity index (χ1) is 10.3. The first kappa shape index (κ1) is 15.3. The van der Waals surface area contributed by atoms with E-state index in [0.29, 0.717) is 5.69 Å². The van der Waals surface area contributed by atoms with E-state index in [0.717, 1.165) is 37.3 Å². The van der Waals surface area contributed by atoms with E-state index in [4.69, 9.17) is 9.47 Å². The summed E-state index contributed by atoms with van der Waals surface area (Å²) in [7, 11) is 3.11. The Kier molecular flexibility index (Phi) is 5.58. The zero-order chi connectivity index (χ0) is 15.1. The summed E-state index contributed by atoms with van der Waals surface area (Å²) in [4.78, 5) is 11.9. The Hall–Kier alpha value is -2.07. The Labute approximate surface area is 125 Å². The van der Waals surface area contributed by atoms with Gasteiger partial charge in [-0.05, 0) is 30.5 Å². The van der Waals surface area contributed by atoms with Gasteiger partial charge in [0, 0.05) is 26.0 Å². The Bertz CT molecular complexity index is 575. The van der Waals surface area contributed by atoms with Crippen molar-refractivity contribution in [3.8, 4) is 11.3 Å². The summed E-state index contributed by atoms with van der Waals surface area (Å²) in [5.41, 5.74) is 2.72. The van der Waals surface area contributed by atoms with Crippen LogP contribution in [0.1, 0.15) is 23.3 Å². The van der Waals surface area contributed by atoms with E-state index in [1.165, 1.54) is 7.11 Å². The lowest BCUT2D eigenvalue weighted by Crippen LogP contribution is -2.12. The minimum absolute atomic E-state index is 0.302. The lowest BCUT2D eigenvalue weighted by molar-refractivity contribution is 0.0588.